The molecule has 158 valence electrons. The topological polar surface area (TPSA) is 97.1 Å². The van der Waals surface area contributed by atoms with Gasteiger partial charge in [0, 0.05) is 18.6 Å². The number of ether oxygens (including phenoxy) is 4. The van der Waals surface area contributed by atoms with E-state index in [0.717, 1.165) is 30.6 Å². The van der Waals surface area contributed by atoms with E-state index in [1.54, 1.807) is 13.2 Å². The number of para-hydroxylation sites is 2. The highest BCUT2D eigenvalue weighted by Crippen LogP contribution is 2.31. The predicted molar refractivity (Wildman–Crippen MR) is 109 cm³/mol. The molecule has 1 unspecified atom stereocenters. The van der Waals surface area contributed by atoms with E-state index in [-0.39, 0.29) is 30.1 Å². The third kappa shape index (κ3) is 5.93. The molecular weight excluding hydrogens is 394 g/mol. The Hall–Kier alpha value is -2.13. The molecule has 0 amide bonds. The van der Waals surface area contributed by atoms with Crippen LogP contribution in [0.25, 0.3) is 0 Å². The van der Waals surface area contributed by atoms with Crippen LogP contribution in [0.1, 0.15) is 30.4 Å². The maximum atomic E-state index is 12.1. The van der Waals surface area contributed by atoms with Gasteiger partial charge in [-0.3, -0.25) is 0 Å². The normalized spacial score (nSPS) is 17.1. The molecule has 1 atom stereocenters. The van der Waals surface area contributed by atoms with Crippen molar-refractivity contribution >= 4 is 10.0 Å². The first kappa shape index (κ1) is 21.6. The highest BCUT2D eigenvalue weighted by Gasteiger charge is 2.20. The maximum Gasteiger partial charge on any atom is 0.241 e. The second kappa shape index (κ2) is 10.1. The number of rotatable bonds is 9. The average Bonchev–Trinajstić information content (AvgIpc) is 2.72. The van der Waals surface area contributed by atoms with E-state index < -0.39 is 10.0 Å². The molecule has 0 bridgehead atoms. The summed E-state index contributed by atoms with van der Waals surface area (Å²) in [4.78, 5) is -0.0428. The molecular formula is C21H27NO6S. The highest BCUT2D eigenvalue weighted by molar-refractivity contribution is 7.89. The van der Waals surface area contributed by atoms with Crippen LogP contribution in [0.5, 0.6) is 11.5 Å². The van der Waals surface area contributed by atoms with E-state index in [4.69, 9.17) is 24.1 Å². The number of sulfonamides is 1. The van der Waals surface area contributed by atoms with E-state index in [0.29, 0.717) is 18.6 Å². The van der Waals surface area contributed by atoms with Gasteiger partial charge in [-0.1, -0.05) is 30.3 Å². The zero-order valence-electron chi connectivity index (χ0n) is 16.5. The van der Waals surface area contributed by atoms with Crippen molar-refractivity contribution in [2.24, 2.45) is 5.14 Å². The van der Waals surface area contributed by atoms with Crippen LogP contribution in [0.4, 0.5) is 0 Å². The second-order valence-corrected chi connectivity index (χ2v) is 8.32. The van der Waals surface area contributed by atoms with Gasteiger partial charge in [0.05, 0.1) is 13.7 Å². The molecule has 2 aromatic rings. The Morgan fingerprint density at radius 1 is 1.07 bits per heavy atom. The zero-order valence-corrected chi connectivity index (χ0v) is 17.3. The van der Waals surface area contributed by atoms with Crippen LogP contribution >= 0.6 is 0 Å². The fourth-order valence-electron chi connectivity index (χ4n) is 3.31. The summed E-state index contributed by atoms with van der Waals surface area (Å²) < 4.78 is 46.6. The van der Waals surface area contributed by atoms with Crippen molar-refractivity contribution in [3.63, 3.8) is 0 Å². The molecule has 0 aromatic heterocycles. The maximum absolute atomic E-state index is 12.1. The number of benzene rings is 2. The van der Waals surface area contributed by atoms with Gasteiger partial charge in [-0.2, -0.15) is 0 Å². The molecule has 1 saturated heterocycles. The lowest BCUT2D eigenvalue weighted by Crippen LogP contribution is -2.24. The molecule has 29 heavy (non-hydrogen) atoms. The van der Waals surface area contributed by atoms with Crippen molar-refractivity contribution in [1.29, 1.82) is 0 Å². The van der Waals surface area contributed by atoms with Crippen LogP contribution in [0.3, 0.4) is 0 Å². The van der Waals surface area contributed by atoms with Crippen LogP contribution < -0.4 is 14.6 Å². The lowest BCUT2D eigenvalue weighted by molar-refractivity contribution is -0.165. The average molecular weight is 422 g/mol. The minimum atomic E-state index is -3.94. The minimum absolute atomic E-state index is 0.0428. The van der Waals surface area contributed by atoms with Crippen LogP contribution in [0.2, 0.25) is 0 Å². The van der Waals surface area contributed by atoms with Gasteiger partial charge in [0.2, 0.25) is 10.0 Å². The molecule has 1 fully saturated rings. The van der Waals surface area contributed by atoms with Gasteiger partial charge in [-0.25, -0.2) is 13.6 Å². The first-order valence-corrected chi connectivity index (χ1v) is 11.2. The molecule has 8 heteroatoms. The smallest absolute Gasteiger partial charge is 0.241 e. The predicted octanol–water partition coefficient (Wildman–Crippen LogP) is 2.86. The van der Waals surface area contributed by atoms with E-state index in [9.17, 15) is 8.42 Å². The van der Waals surface area contributed by atoms with Crippen molar-refractivity contribution in [1.82, 2.24) is 0 Å². The standard InChI is InChI=1S/C21H27NO6S/c1-25-18-9-3-2-7-16(18)15-17-8-6-10-19(29(22,23)24)21(17)28-14-13-27-20-11-4-5-12-26-20/h2-3,6-10,20H,4-5,11-15H2,1H3,(H2,22,23,24). The fraction of sp³-hybridized carbons (Fsp3) is 0.429. The van der Waals surface area contributed by atoms with Gasteiger partial charge >= 0.3 is 0 Å². The molecule has 0 saturated carbocycles. The lowest BCUT2D eigenvalue weighted by atomic mass is 10.0. The van der Waals surface area contributed by atoms with Gasteiger partial charge in [0.15, 0.2) is 6.29 Å². The first-order valence-electron chi connectivity index (χ1n) is 9.61. The van der Waals surface area contributed by atoms with E-state index in [1.165, 1.54) is 6.07 Å². The van der Waals surface area contributed by atoms with Gasteiger partial charge < -0.3 is 18.9 Å². The molecule has 3 rings (SSSR count). The van der Waals surface area contributed by atoms with Crippen LogP contribution in [0, 0.1) is 0 Å². The largest absolute Gasteiger partial charge is 0.496 e. The van der Waals surface area contributed by atoms with Crippen molar-refractivity contribution in [3.8, 4) is 11.5 Å². The van der Waals surface area contributed by atoms with Gasteiger partial charge in [0.25, 0.3) is 0 Å². The number of hydrogen-bond acceptors (Lipinski definition) is 6. The van der Waals surface area contributed by atoms with Crippen molar-refractivity contribution in [2.75, 3.05) is 26.9 Å². The second-order valence-electron chi connectivity index (χ2n) is 6.79. The molecule has 0 radical (unpaired) electrons. The quantitative estimate of drug-likeness (QED) is 0.626. The van der Waals surface area contributed by atoms with E-state index in [1.807, 2.05) is 30.3 Å². The lowest BCUT2D eigenvalue weighted by Gasteiger charge is -2.23. The Morgan fingerprint density at radius 3 is 2.59 bits per heavy atom. The summed E-state index contributed by atoms with van der Waals surface area (Å²) in [6.07, 6.45) is 3.18. The minimum Gasteiger partial charge on any atom is -0.496 e. The summed E-state index contributed by atoms with van der Waals surface area (Å²) in [6, 6.07) is 12.5. The Kier molecular flexibility index (Phi) is 7.49. The van der Waals surface area contributed by atoms with Crippen molar-refractivity contribution in [3.05, 3.63) is 53.6 Å². The monoisotopic (exact) mass is 421 g/mol. The summed E-state index contributed by atoms with van der Waals surface area (Å²) in [6.45, 7) is 1.17. The zero-order chi connectivity index (χ0) is 20.7. The Labute approximate surface area is 171 Å². The molecule has 7 nitrogen and oxygen atoms in total. The van der Waals surface area contributed by atoms with Gasteiger partial charge in [0.1, 0.15) is 23.0 Å². The summed E-state index contributed by atoms with van der Waals surface area (Å²) in [5.41, 5.74) is 1.62. The van der Waals surface area contributed by atoms with Crippen molar-refractivity contribution in [2.45, 2.75) is 36.9 Å². The number of nitrogens with two attached hydrogens (primary N) is 1. The summed E-state index contributed by atoms with van der Waals surface area (Å²) in [7, 11) is -2.34. The van der Waals surface area contributed by atoms with Gasteiger partial charge in [-0.15, -0.1) is 0 Å². The van der Waals surface area contributed by atoms with Crippen LogP contribution in [-0.4, -0.2) is 41.6 Å². The summed E-state index contributed by atoms with van der Waals surface area (Å²) >= 11 is 0. The molecule has 1 heterocycles. The van der Waals surface area contributed by atoms with Crippen LogP contribution in [0.15, 0.2) is 47.4 Å². The van der Waals surface area contributed by atoms with E-state index >= 15 is 0 Å². The Morgan fingerprint density at radius 2 is 1.86 bits per heavy atom. The SMILES string of the molecule is COc1ccccc1Cc1cccc(S(N)(=O)=O)c1OCCOC1CCCCO1. The summed E-state index contributed by atoms with van der Waals surface area (Å²) in [5, 5.41) is 5.41. The molecule has 2 aromatic carbocycles. The summed E-state index contributed by atoms with van der Waals surface area (Å²) in [5.74, 6) is 0.964. The van der Waals surface area contributed by atoms with E-state index in [2.05, 4.69) is 0 Å². The third-order valence-corrected chi connectivity index (χ3v) is 5.65. The Bertz CT molecular complexity index is 909. The number of methoxy groups -OCH3 is 1. The van der Waals surface area contributed by atoms with Crippen LogP contribution in [-0.2, 0) is 25.9 Å². The van der Waals surface area contributed by atoms with Gasteiger partial charge in [-0.05, 0) is 37.0 Å². The first-order chi connectivity index (χ1) is 14.0. The molecule has 1 aliphatic rings. The molecule has 1 aliphatic heterocycles. The molecule has 2 N–H and O–H groups in total. The van der Waals surface area contributed by atoms with Crippen molar-refractivity contribution < 1.29 is 27.4 Å². The highest BCUT2D eigenvalue weighted by atomic mass is 32.2. The molecule has 0 aliphatic carbocycles. The fourth-order valence-corrected chi connectivity index (χ4v) is 4.03. The Balaban J connectivity index is 1.77. The third-order valence-electron chi connectivity index (χ3n) is 4.71. The number of hydrogen-bond donors (Lipinski definition) is 1. The molecule has 0 spiro atoms. The number of primary sulfonamides is 1.